The van der Waals surface area contributed by atoms with Crippen molar-refractivity contribution in [2.45, 2.75) is 0 Å². The molecule has 0 bridgehead atoms. The number of hydrogen-bond donors (Lipinski definition) is 2. The van der Waals surface area contributed by atoms with Gasteiger partial charge in [-0.15, -0.1) is 0 Å². The van der Waals surface area contributed by atoms with E-state index >= 15 is 0 Å². The lowest BCUT2D eigenvalue weighted by Crippen LogP contribution is -1.98. The fourth-order valence-electron chi connectivity index (χ4n) is 1.10. The van der Waals surface area contributed by atoms with E-state index in [4.69, 9.17) is 16.7 Å². The molecule has 0 aliphatic rings. The first-order valence-corrected chi connectivity index (χ1v) is 3.92. The molecule has 0 spiro atoms. The molecular formula is C8H5ClN2O2. The summed E-state index contributed by atoms with van der Waals surface area (Å²) in [6.07, 6.45) is 3.04. The summed E-state index contributed by atoms with van der Waals surface area (Å²) >= 11 is 5.79. The number of fused-ring (bicyclic) bond motifs is 1. The molecule has 5 heteroatoms. The highest BCUT2D eigenvalue weighted by molar-refractivity contribution is 6.35. The van der Waals surface area contributed by atoms with Gasteiger partial charge in [-0.3, -0.25) is 0 Å². The third kappa shape index (κ3) is 1.25. The summed E-state index contributed by atoms with van der Waals surface area (Å²) in [4.78, 5) is 17.1. The van der Waals surface area contributed by atoms with Gasteiger partial charge in [0.15, 0.2) is 0 Å². The number of pyridine rings is 1. The van der Waals surface area contributed by atoms with Crippen molar-refractivity contribution in [3.8, 4) is 0 Å². The van der Waals surface area contributed by atoms with Gasteiger partial charge in [-0.2, -0.15) is 0 Å². The first-order valence-electron chi connectivity index (χ1n) is 3.54. The second-order valence-electron chi connectivity index (χ2n) is 2.56. The highest BCUT2D eigenvalue weighted by Crippen LogP contribution is 2.21. The van der Waals surface area contributed by atoms with Crippen molar-refractivity contribution in [2.24, 2.45) is 0 Å². The highest BCUT2D eigenvalue weighted by Gasteiger charge is 2.07. The van der Waals surface area contributed by atoms with E-state index in [0.717, 1.165) is 5.39 Å². The topological polar surface area (TPSA) is 66.0 Å². The summed E-state index contributed by atoms with van der Waals surface area (Å²) in [5.41, 5.74) is 0.684. The number of carboxylic acid groups (broad SMARTS) is 1. The van der Waals surface area contributed by atoms with Crippen LogP contribution in [0.2, 0.25) is 5.02 Å². The van der Waals surface area contributed by atoms with Gasteiger partial charge in [0.05, 0.1) is 10.5 Å². The normalized spacial score (nSPS) is 10.5. The second kappa shape index (κ2) is 2.74. The molecule has 2 N–H and O–H groups in total. The van der Waals surface area contributed by atoms with Gasteiger partial charge in [0, 0.05) is 17.8 Å². The van der Waals surface area contributed by atoms with Crippen LogP contribution in [0.3, 0.4) is 0 Å². The molecule has 0 fully saturated rings. The molecule has 2 aromatic rings. The maximum atomic E-state index is 10.5. The highest BCUT2D eigenvalue weighted by atomic mass is 35.5. The van der Waals surface area contributed by atoms with Gasteiger partial charge in [-0.05, 0) is 6.07 Å². The van der Waals surface area contributed by atoms with Crippen molar-refractivity contribution < 1.29 is 9.90 Å². The largest absolute Gasteiger partial charge is 0.477 e. The van der Waals surface area contributed by atoms with Crippen molar-refractivity contribution in [3.63, 3.8) is 0 Å². The lowest BCUT2D eigenvalue weighted by atomic mass is 10.3. The summed E-state index contributed by atoms with van der Waals surface area (Å²) in [7, 11) is 0. The summed E-state index contributed by atoms with van der Waals surface area (Å²) in [6, 6.07) is 1.45. The van der Waals surface area contributed by atoms with Crippen LogP contribution in [0.25, 0.3) is 10.9 Å². The summed E-state index contributed by atoms with van der Waals surface area (Å²) < 4.78 is 0. The predicted octanol–water partition coefficient (Wildman–Crippen LogP) is 1.91. The van der Waals surface area contributed by atoms with Crippen LogP contribution in [-0.4, -0.2) is 21.0 Å². The van der Waals surface area contributed by atoms with Crippen LogP contribution in [0, 0.1) is 0 Å². The predicted molar refractivity (Wildman–Crippen MR) is 48.1 cm³/mol. The van der Waals surface area contributed by atoms with Crippen LogP contribution in [0.4, 0.5) is 0 Å². The lowest BCUT2D eigenvalue weighted by molar-refractivity contribution is 0.0690. The molecule has 0 saturated heterocycles. The quantitative estimate of drug-likeness (QED) is 0.732. The van der Waals surface area contributed by atoms with Gasteiger partial charge in [-0.25, -0.2) is 9.78 Å². The Balaban J connectivity index is 2.70. The van der Waals surface area contributed by atoms with E-state index < -0.39 is 5.97 Å². The van der Waals surface area contributed by atoms with Gasteiger partial charge in [0.2, 0.25) is 0 Å². The summed E-state index contributed by atoms with van der Waals surface area (Å²) in [5.74, 6) is -1.05. The standard InChI is InChI=1S/C8H5ClN2O2/c9-5-3-11-6-1-7(8(12)13)10-2-4(5)6/h1-3,11H,(H,12,13). The van der Waals surface area contributed by atoms with Crippen molar-refractivity contribution in [1.29, 1.82) is 0 Å². The number of aromatic amines is 1. The Bertz CT molecular complexity index is 478. The van der Waals surface area contributed by atoms with Gasteiger partial charge >= 0.3 is 5.97 Å². The van der Waals surface area contributed by atoms with Crippen LogP contribution in [0.5, 0.6) is 0 Å². The van der Waals surface area contributed by atoms with E-state index in [-0.39, 0.29) is 5.69 Å². The fourth-order valence-corrected chi connectivity index (χ4v) is 1.31. The Morgan fingerprint density at radius 3 is 3.08 bits per heavy atom. The van der Waals surface area contributed by atoms with Gasteiger partial charge in [-0.1, -0.05) is 11.6 Å². The average molecular weight is 197 g/mol. The molecular weight excluding hydrogens is 192 g/mol. The number of H-pyrrole nitrogens is 1. The first-order chi connectivity index (χ1) is 6.18. The Morgan fingerprint density at radius 1 is 1.62 bits per heavy atom. The molecule has 0 unspecified atom stereocenters. The molecule has 0 aliphatic carbocycles. The van der Waals surface area contributed by atoms with Crippen LogP contribution >= 0.6 is 11.6 Å². The number of aromatic carboxylic acids is 1. The maximum Gasteiger partial charge on any atom is 0.354 e. The summed E-state index contributed by atoms with van der Waals surface area (Å²) in [6.45, 7) is 0. The Morgan fingerprint density at radius 2 is 2.38 bits per heavy atom. The minimum Gasteiger partial charge on any atom is -0.477 e. The molecule has 0 saturated carbocycles. The maximum absolute atomic E-state index is 10.5. The third-order valence-electron chi connectivity index (χ3n) is 1.73. The van der Waals surface area contributed by atoms with Gasteiger partial charge in [0.25, 0.3) is 0 Å². The molecule has 0 radical (unpaired) electrons. The molecule has 2 rings (SSSR count). The monoisotopic (exact) mass is 196 g/mol. The van der Waals surface area contributed by atoms with Gasteiger partial charge in [0.1, 0.15) is 5.69 Å². The number of nitrogens with one attached hydrogen (secondary N) is 1. The van der Waals surface area contributed by atoms with Crippen molar-refractivity contribution in [2.75, 3.05) is 0 Å². The number of carbonyl (C=O) groups is 1. The molecule has 66 valence electrons. The molecule has 0 aliphatic heterocycles. The van der Waals surface area contributed by atoms with Crippen LogP contribution in [0.15, 0.2) is 18.5 Å². The molecule has 13 heavy (non-hydrogen) atoms. The minimum atomic E-state index is -1.05. The number of nitrogens with zero attached hydrogens (tertiary/aromatic N) is 1. The van der Waals surface area contributed by atoms with E-state index in [9.17, 15) is 4.79 Å². The second-order valence-corrected chi connectivity index (χ2v) is 2.96. The average Bonchev–Trinajstić information content (AvgIpc) is 2.47. The first kappa shape index (κ1) is 8.07. The van der Waals surface area contributed by atoms with Crippen molar-refractivity contribution >= 4 is 28.5 Å². The number of carboxylic acids is 1. The van der Waals surface area contributed by atoms with E-state index in [0.29, 0.717) is 10.5 Å². The zero-order valence-corrected chi connectivity index (χ0v) is 7.17. The van der Waals surface area contributed by atoms with Crippen molar-refractivity contribution in [3.05, 3.63) is 29.2 Å². The molecule has 0 amide bonds. The Kier molecular flexibility index (Phi) is 1.70. The van der Waals surface area contributed by atoms with E-state index in [2.05, 4.69) is 9.97 Å². The SMILES string of the molecule is O=C(O)c1cc2[nH]cc(Cl)c2cn1. The molecule has 0 aromatic carbocycles. The Labute approximate surface area is 78.2 Å². The molecule has 2 heterocycles. The van der Waals surface area contributed by atoms with Crippen LogP contribution < -0.4 is 0 Å². The van der Waals surface area contributed by atoms with E-state index in [1.54, 1.807) is 6.20 Å². The van der Waals surface area contributed by atoms with Crippen LogP contribution in [-0.2, 0) is 0 Å². The number of aromatic nitrogens is 2. The zero-order valence-electron chi connectivity index (χ0n) is 6.41. The lowest BCUT2D eigenvalue weighted by Gasteiger charge is -1.93. The molecule has 4 nitrogen and oxygen atoms in total. The number of hydrogen-bond acceptors (Lipinski definition) is 2. The van der Waals surface area contributed by atoms with E-state index in [1.165, 1.54) is 12.3 Å². The fraction of sp³-hybridized carbons (Fsp3) is 0. The number of halogens is 1. The van der Waals surface area contributed by atoms with Gasteiger partial charge < -0.3 is 10.1 Å². The van der Waals surface area contributed by atoms with Crippen molar-refractivity contribution in [1.82, 2.24) is 9.97 Å². The molecule has 2 aromatic heterocycles. The smallest absolute Gasteiger partial charge is 0.354 e. The summed E-state index contributed by atoms with van der Waals surface area (Å²) in [5, 5.41) is 9.91. The third-order valence-corrected chi connectivity index (χ3v) is 2.05. The number of rotatable bonds is 1. The van der Waals surface area contributed by atoms with E-state index in [1.807, 2.05) is 0 Å². The minimum absolute atomic E-state index is 0.00557. The zero-order chi connectivity index (χ0) is 9.42. The molecule has 0 atom stereocenters. The Hall–Kier alpha value is -1.55. The van der Waals surface area contributed by atoms with Crippen LogP contribution in [0.1, 0.15) is 10.5 Å².